The number of aliphatic hydroxyl groups is 1. The van der Waals surface area contributed by atoms with E-state index in [1.165, 1.54) is 0 Å². The minimum absolute atomic E-state index is 0.118. The molecule has 1 rings (SSSR count). The van der Waals surface area contributed by atoms with Crippen LogP contribution in [-0.2, 0) is 4.74 Å². The molecule has 0 aliphatic rings. The Bertz CT molecular complexity index is 483. The highest BCUT2D eigenvalue weighted by atomic mass is 16.6. The lowest BCUT2D eigenvalue weighted by atomic mass is 9.83. The summed E-state index contributed by atoms with van der Waals surface area (Å²) in [4.78, 5) is 15.9. The van der Waals surface area contributed by atoms with E-state index in [0.29, 0.717) is 12.4 Å². The lowest BCUT2D eigenvalue weighted by Crippen LogP contribution is -2.32. The number of nitrogens with zero attached hydrogens (tertiary/aromatic N) is 1. The molecule has 0 saturated heterocycles. The van der Waals surface area contributed by atoms with Crippen LogP contribution in [0.1, 0.15) is 47.5 Å². The molecule has 1 heterocycles. The van der Waals surface area contributed by atoms with Crippen molar-refractivity contribution in [3.05, 3.63) is 18.3 Å². The molecule has 6 nitrogen and oxygen atoms in total. The summed E-state index contributed by atoms with van der Waals surface area (Å²) in [5, 5.41) is 15.5. The zero-order valence-electron chi connectivity index (χ0n) is 14.8. The van der Waals surface area contributed by atoms with Crippen molar-refractivity contribution >= 4 is 17.6 Å². The van der Waals surface area contributed by atoms with Gasteiger partial charge in [0, 0.05) is 12.0 Å². The number of hydrogen-bond acceptors (Lipinski definition) is 5. The number of nitrogens with one attached hydrogen (secondary N) is 2. The molecular weight excluding hydrogens is 294 g/mol. The van der Waals surface area contributed by atoms with Crippen LogP contribution in [0.3, 0.4) is 0 Å². The standard InChI is InChI=1S/C17H29N3O3/c1-6-17(7-2,12-21)11-19-13-8-9-14(18-10-13)20-15(22)23-16(3,4)5/h8-10,19,21H,6-7,11-12H2,1-5H3,(H,18,20,22). The van der Waals surface area contributed by atoms with Crippen LogP contribution in [0, 0.1) is 5.41 Å². The summed E-state index contributed by atoms with van der Waals surface area (Å²) in [5.74, 6) is 0.434. The van der Waals surface area contributed by atoms with E-state index in [4.69, 9.17) is 4.74 Å². The molecule has 0 radical (unpaired) electrons. The maximum absolute atomic E-state index is 11.7. The highest BCUT2D eigenvalue weighted by molar-refractivity contribution is 5.83. The minimum Gasteiger partial charge on any atom is -0.444 e. The number of amides is 1. The number of rotatable bonds is 7. The molecule has 1 aromatic rings. The zero-order chi connectivity index (χ0) is 17.5. The second kappa shape index (κ2) is 8.15. The second-order valence-electron chi connectivity index (χ2n) is 6.78. The van der Waals surface area contributed by atoms with Crippen LogP contribution in [0.15, 0.2) is 18.3 Å². The number of anilines is 2. The quantitative estimate of drug-likeness (QED) is 0.713. The summed E-state index contributed by atoms with van der Waals surface area (Å²) in [6, 6.07) is 3.55. The summed E-state index contributed by atoms with van der Waals surface area (Å²) < 4.78 is 5.17. The molecule has 130 valence electrons. The molecule has 0 unspecified atom stereocenters. The van der Waals surface area contributed by atoms with E-state index in [-0.39, 0.29) is 12.0 Å². The zero-order valence-corrected chi connectivity index (χ0v) is 14.8. The Labute approximate surface area is 138 Å². The Morgan fingerprint density at radius 1 is 1.26 bits per heavy atom. The minimum atomic E-state index is -0.542. The van der Waals surface area contributed by atoms with E-state index >= 15 is 0 Å². The van der Waals surface area contributed by atoms with Gasteiger partial charge in [-0.2, -0.15) is 0 Å². The Morgan fingerprint density at radius 2 is 1.91 bits per heavy atom. The Balaban J connectivity index is 2.58. The summed E-state index contributed by atoms with van der Waals surface area (Å²) in [6.45, 7) is 10.4. The van der Waals surface area contributed by atoms with Gasteiger partial charge >= 0.3 is 6.09 Å². The van der Waals surface area contributed by atoms with Gasteiger partial charge in [0.05, 0.1) is 18.5 Å². The highest BCUT2D eigenvalue weighted by Gasteiger charge is 2.24. The molecule has 1 amide bonds. The van der Waals surface area contributed by atoms with E-state index in [0.717, 1.165) is 18.5 Å². The highest BCUT2D eigenvalue weighted by Crippen LogP contribution is 2.26. The number of hydrogen-bond donors (Lipinski definition) is 3. The molecule has 1 aromatic heterocycles. The SMILES string of the molecule is CCC(CC)(CO)CNc1ccc(NC(=O)OC(C)(C)C)nc1. The first kappa shape index (κ1) is 19.2. The monoisotopic (exact) mass is 323 g/mol. The number of carbonyl (C=O) groups is 1. The van der Waals surface area contributed by atoms with Crippen LogP contribution in [0.2, 0.25) is 0 Å². The van der Waals surface area contributed by atoms with Gasteiger partial charge in [-0.15, -0.1) is 0 Å². The van der Waals surface area contributed by atoms with Crippen molar-refractivity contribution in [1.82, 2.24) is 4.98 Å². The van der Waals surface area contributed by atoms with Gasteiger partial charge in [-0.05, 0) is 45.7 Å². The summed E-state index contributed by atoms with van der Waals surface area (Å²) in [7, 11) is 0. The lowest BCUT2D eigenvalue weighted by molar-refractivity contribution is 0.0635. The molecule has 0 aromatic carbocycles. The molecule has 0 aliphatic heterocycles. The van der Waals surface area contributed by atoms with Crippen LogP contribution >= 0.6 is 0 Å². The van der Waals surface area contributed by atoms with E-state index in [1.807, 2.05) is 26.8 Å². The average molecular weight is 323 g/mol. The van der Waals surface area contributed by atoms with Gasteiger partial charge in [0.2, 0.25) is 0 Å². The third-order valence-corrected chi connectivity index (χ3v) is 3.90. The van der Waals surface area contributed by atoms with Gasteiger partial charge in [0.25, 0.3) is 0 Å². The number of ether oxygens (including phenoxy) is 1. The van der Waals surface area contributed by atoms with Crippen molar-refractivity contribution in [3.8, 4) is 0 Å². The first-order chi connectivity index (χ1) is 10.7. The van der Waals surface area contributed by atoms with Crippen LogP contribution in [0.4, 0.5) is 16.3 Å². The molecule has 23 heavy (non-hydrogen) atoms. The van der Waals surface area contributed by atoms with Crippen LogP contribution in [0.25, 0.3) is 0 Å². The fourth-order valence-electron chi connectivity index (χ4n) is 2.05. The molecule has 3 N–H and O–H groups in total. The third-order valence-electron chi connectivity index (χ3n) is 3.90. The third kappa shape index (κ3) is 6.44. The van der Waals surface area contributed by atoms with E-state index < -0.39 is 11.7 Å². The van der Waals surface area contributed by atoms with Crippen LogP contribution in [-0.4, -0.2) is 34.9 Å². The Morgan fingerprint density at radius 3 is 2.35 bits per heavy atom. The fraction of sp³-hybridized carbons (Fsp3) is 0.647. The van der Waals surface area contributed by atoms with E-state index in [2.05, 4.69) is 29.5 Å². The van der Waals surface area contributed by atoms with Gasteiger partial charge < -0.3 is 15.2 Å². The maximum Gasteiger partial charge on any atom is 0.413 e. The Hall–Kier alpha value is -1.82. The van der Waals surface area contributed by atoms with Crippen molar-refractivity contribution in [2.45, 2.75) is 53.1 Å². The largest absolute Gasteiger partial charge is 0.444 e. The van der Waals surface area contributed by atoms with E-state index in [9.17, 15) is 9.90 Å². The molecular formula is C17H29N3O3. The van der Waals surface area contributed by atoms with Crippen LogP contribution in [0.5, 0.6) is 0 Å². The molecule has 0 fully saturated rings. The smallest absolute Gasteiger partial charge is 0.413 e. The number of carbonyl (C=O) groups excluding carboxylic acids is 1. The van der Waals surface area contributed by atoms with Crippen molar-refractivity contribution in [2.24, 2.45) is 5.41 Å². The molecule has 0 spiro atoms. The summed E-state index contributed by atoms with van der Waals surface area (Å²) >= 11 is 0. The van der Waals surface area contributed by atoms with E-state index in [1.54, 1.807) is 12.3 Å². The van der Waals surface area contributed by atoms with Gasteiger partial charge in [0.15, 0.2) is 0 Å². The average Bonchev–Trinajstić information content (AvgIpc) is 2.49. The summed E-state index contributed by atoms with van der Waals surface area (Å²) in [6.07, 6.45) is 2.93. The predicted molar refractivity (Wildman–Crippen MR) is 92.7 cm³/mol. The van der Waals surface area contributed by atoms with Crippen molar-refractivity contribution in [2.75, 3.05) is 23.8 Å². The second-order valence-corrected chi connectivity index (χ2v) is 6.78. The number of pyridine rings is 1. The molecule has 0 atom stereocenters. The van der Waals surface area contributed by atoms with Crippen molar-refractivity contribution in [1.29, 1.82) is 0 Å². The fourth-order valence-corrected chi connectivity index (χ4v) is 2.05. The summed E-state index contributed by atoms with van der Waals surface area (Å²) in [5.41, 5.74) is 0.187. The topological polar surface area (TPSA) is 83.5 Å². The van der Waals surface area contributed by atoms with Crippen molar-refractivity contribution < 1.29 is 14.6 Å². The van der Waals surface area contributed by atoms with Gasteiger partial charge in [-0.3, -0.25) is 5.32 Å². The first-order valence-corrected chi connectivity index (χ1v) is 8.04. The number of aromatic nitrogens is 1. The lowest BCUT2D eigenvalue weighted by Gasteiger charge is -2.29. The van der Waals surface area contributed by atoms with Crippen LogP contribution < -0.4 is 10.6 Å². The van der Waals surface area contributed by atoms with Gasteiger partial charge in [0.1, 0.15) is 11.4 Å². The van der Waals surface area contributed by atoms with Gasteiger partial charge in [-0.25, -0.2) is 9.78 Å². The first-order valence-electron chi connectivity index (χ1n) is 8.04. The predicted octanol–water partition coefficient (Wildman–Crippen LogP) is 3.64. The molecule has 0 saturated carbocycles. The number of aliphatic hydroxyl groups excluding tert-OH is 1. The molecule has 0 aliphatic carbocycles. The molecule has 0 bridgehead atoms. The maximum atomic E-state index is 11.7. The van der Waals surface area contributed by atoms with Crippen molar-refractivity contribution in [3.63, 3.8) is 0 Å². The Kier molecular flexibility index (Phi) is 6.81. The normalized spacial score (nSPS) is 11.9. The van der Waals surface area contributed by atoms with Gasteiger partial charge in [-0.1, -0.05) is 13.8 Å². The molecule has 6 heteroatoms.